The number of fused-ring (bicyclic) bond motifs is 3. The molecule has 3 aliphatic rings. The molecule has 4 heterocycles. The number of aryl methyl sites for hydroxylation is 1. The predicted molar refractivity (Wildman–Crippen MR) is 106 cm³/mol. The average Bonchev–Trinajstić information content (AvgIpc) is 2.73. The molecule has 158 valence electrons. The number of H-pyrrole nitrogens is 1. The summed E-state index contributed by atoms with van der Waals surface area (Å²) in [6, 6.07) is 0.688. The van der Waals surface area contributed by atoms with Crippen LogP contribution in [0.15, 0.2) is 17.1 Å². The first kappa shape index (κ1) is 19.8. The largest absolute Gasteiger partial charge is 0.468 e. The number of hydrogen-bond acceptors (Lipinski definition) is 8. The van der Waals surface area contributed by atoms with Gasteiger partial charge in [-0.15, -0.1) is 0 Å². The molecule has 1 saturated carbocycles. The number of nitrogens with one attached hydrogen (secondary N) is 2. The van der Waals surface area contributed by atoms with Crippen LogP contribution in [0.4, 0.5) is 5.95 Å². The number of hydrogen-bond donors (Lipinski definition) is 3. The monoisotopic (exact) mass is 413 g/mol. The normalized spacial score (nSPS) is 22.6. The summed E-state index contributed by atoms with van der Waals surface area (Å²) in [4.78, 5) is 53.8. The molecule has 2 amide bonds. The summed E-state index contributed by atoms with van der Waals surface area (Å²) in [6.07, 6.45) is 3.98. The van der Waals surface area contributed by atoms with Gasteiger partial charge in [0.25, 0.3) is 23.4 Å². The minimum Gasteiger partial charge on any atom is -0.468 e. The number of methoxy groups -OCH3 is 1. The third-order valence-corrected chi connectivity index (χ3v) is 5.73. The minimum absolute atomic E-state index is 0.0299. The average molecular weight is 413 g/mol. The summed E-state index contributed by atoms with van der Waals surface area (Å²) >= 11 is 0. The van der Waals surface area contributed by atoms with Crippen molar-refractivity contribution in [1.29, 1.82) is 0 Å². The molecule has 4 N–H and O–H groups in total. The molecule has 0 radical (unpaired) electrons. The molecule has 3 unspecified atom stereocenters. The van der Waals surface area contributed by atoms with Gasteiger partial charge in [0.05, 0.1) is 24.4 Å². The quantitative estimate of drug-likeness (QED) is 0.626. The van der Waals surface area contributed by atoms with Gasteiger partial charge in [-0.05, 0) is 32.1 Å². The Morgan fingerprint density at radius 3 is 2.83 bits per heavy atom. The number of nitrogens with two attached hydrogens (primary N) is 1. The van der Waals surface area contributed by atoms with Crippen molar-refractivity contribution in [1.82, 2.24) is 30.2 Å². The molecule has 2 aromatic rings. The van der Waals surface area contributed by atoms with Gasteiger partial charge in [-0.25, -0.2) is 9.97 Å². The summed E-state index contributed by atoms with van der Waals surface area (Å²) in [5.41, 5.74) is 6.02. The summed E-state index contributed by atoms with van der Waals surface area (Å²) in [5.74, 6) is -0.246. The van der Waals surface area contributed by atoms with Crippen LogP contribution in [-0.4, -0.2) is 62.4 Å². The maximum atomic E-state index is 13.2. The standard InChI is InChI=1S/C19H23N7O4/c1-9-11(7-21-18(20)22-9)17(29)26-8-10-3-4-14(26)12(5-10)23-16(28)13-6-15(27)25-19(24-13)30-2/h6-7,10,12,14H,3-5,8H2,1-2H3,(H,23,28)(H2,20,21,22)(H,24,25,27). The molecule has 5 rings (SSSR count). The van der Waals surface area contributed by atoms with Crippen LogP contribution >= 0.6 is 0 Å². The van der Waals surface area contributed by atoms with Gasteiger partial charge in [0, 0.05) is 24.8 Å². The second kappa shape index (κ2) is 7.73. The first-order chi connectivity index (χ1) is 14.4. The van der Waals surface area contributed by atoms with Crippen LogP contribution in [0.5, 0.6) is 6.01 Å². The second-order valence-electron chi connectivity index (χ2n) is 7.65. The summed E-state index contributed by atoms with van der Waals surface area (Å²) in [7, 11) is 1.35. The summed E-state index contributed by atoms with van der Waals surface area (Å²) < 4.78 is 4.92. The SMILES string of the molecule is COc1nc(C(=O)NC2CC3CCC2N(C(=O)c2cnc(N)nc2C)C3)cc(=O)[nH]1. The van der Waals surface area contributed by atoms with Crippen LogP contribution in [0.3, 0.4) is 0 Å². The lowest BCUT2D eigenvalue weighted by Crippen LogP contribution is -2.62. The molecule has 1 aliphatic carbocycles. The van der Waals surface area contributed by atoms with E-state index in [9.17, 15) is 14.4 Å². The number of rotatable bonds is 4. The Balaban J connectivity index is 1.54. The Morgan fingerprint density at radius 2 is 2.13 bits per heavy atom. The minimum atomic E-state index is -0.479. The van der Waals surface area contributed by atoms with E-state index in [0.29, 0.717) is 17.8 Å². The van der Waals surface area contributed by atoms with Crippen LogP contribution in [0.1, 0.15) is 45.8 Å². The number of aromatic nitrogens is 4. The highest BCUT2D eigenvalue weighted by Crippen LogP contribution is 2.36. The third-order valence-electron chi connectivity index (χ3n) is 5.73. The molecular weight excluding hydrogens is 390 g/mol. The fraction of sp³-hybridized carbons (Fsp3) is 0.474. The number of nitrogen functional groups attached to an aromatic ring is 1. The molecule has 0 spiro atoms. The van der Waals surface area contributed by atoms with Gasteiger partial charge < -0.3 is 20.7 Å². The van der Waals surface area contributed by atoms with E-state index in [-0.39, 0.29) is 41.6 Å². The maximum Gasteiger partial charge on any atom is 0.296 e. The number of aromatic amines is 1. The lowest BCUT2D eigenvalue weighted by Gasteiger charge is -2.50. The molecule has 0 aromatic carbocycles. The van der Waals surface area contributed by atoms with Gasteiger partial charge in [-0.2, -0.15) is 4.98 Å². The van der Waals surface area contributed by atoms with Crippen LogP contribution in [0, 0.1) is 12.8 Å². The lowest BCUT2D eigenvalue weighted by molar-refractivity contribution is 0.0174. The fourth-order valence-electron chi connectivity index (χ4n) is 4.32. The summed E-state index contributed by atoms with van der Waals surface area (Å²) in [6.45, 7) is 2.34. The van der Waals surface area contributed by atoms with E-state index in [1.807, 2.05) is 0 Å². The number of nitrogens with zero attached hydrogens (tertiary/aromatic N) is 4. The molecule has 11 nitrogen and oxygen atoms in total. The van der Waals surface area contributed by atoms with Crippen LogP contribution in [-0.2, 0) is 0 Å². The molecule has 2 bridgehead atoms. The number of ether oxygens (including phenoxy) is 1. The zero-order chi connectivity index (χ0) is 21.4. The Hall–Kier alpha value is -3.50. The highest BCUT2D eigenvalue weighted by molar-refractivity contribution is 5.96. The fourth-order valence-corrected chi connectivity index (χ4v) is 4.32. The van der Waals surface area contributed by atoms with Crippen molar-refractivity contribution in [3.05, 3.63) is 39.6 Å². The molecule has 2 aliphatic heterocycles. The molecule has 2 saturated heterocycles. The van der Waals surface area contributed by atoms with E-state index in [1.54, 1.807) is 11.8 Å². The van der Waals surface area contributed by atoms with E-state index < -0.39 is 11.5 Å². The van der Waals surface area contributed by atoms with Crippen molar-refractivity contribution in [3.8, 4) is 6.01 Å². The van der Waals surface area contributed by atoms with Crippen LogP contribution in [0.25, 0.3) is 0 Å². The zero-order valence-corrected chi connectivity index (χ0v) is 16.7. The van der Waals surface area contributed by atoms with Crippen molar-refractivity contribution >= 4 is 17.8 Å². The lowest BCUT2D eigenvalue weighted by atomic mass is 9.76. The van der Waals surface area contributed by atoms with Crippen molar-refractivity contribution in [2.24, 2.45) is 5.92 Å². The van der Waals surface area contributed by atoms with Gasteiger partial charge in [0.2, 0.25) is 5.95 Å². The van der Waals surface area contributed by atoms with Crippen molar-refractivity contribution < 1.29 is 14.3 Å². The first-order valence-electron chi connectivity index (χ1n) is 9.72. The van der Waals surface area contributed by atoms with Crippen LogP contribution in [0.2, 0.25) is 0 Å². The highest BCUT2D eigenvalue weighted by atomic mass is 16.5. The van der Waals surface area contributed by atoms with E-state index in [4.69, 9.17) is 10.5 Å². The molecule has 11 heteroatoms. The zero-order valence-electron chi connectivity index (χ0n) is 16.7. The maximum absolute atomic E-state index is 13.2. The van der Waals surface area contributed by atoms with Gasteiger partial charge in [-0.3, -0.25) is 19.4 Å². The number of amides is 2. The Morgan fingerprint density at radius 1 is 1.33 bits per heavy atom. The number of carbonyl (C=O) groups excluding carboxylic acids is 2. The Bertz CT molecular complexity index is 1050. The molecule has 3 atom stereocenters. The number of anilines is 1. The van der Waals surface area contributed by atoms with Gasteiger partial charge >= 0.3 is 0 Å². The number of piperidine rings is 2. The smallest absolute Gasteiger partial charge is 0.296 e. The van der Waals surface area contributed by atoms with Crippen LogP contribution < -0.4 is 21.3 Å². The first-order valence-corrected chi connectivity index (χ1v) is 9.72. The van der Waals surface area contributed by atoms with Gasteiger partial charge in [0.15, 0.2) is 0 Å². The molecule has 3 fully saturated rings. The molecule has 30 heavy (non-hydrogen) atoms. The topological polar surface area (TPSA) is 156 Å². The van der Waals surface area contributed by atoms with E-state index in [2.05, 4.69) is 25.3 Å². The Kier molecular flexibility index (Phi) is 5.10. The third kappa shape index (κ3) is 3.70. The predicted octanol–water partition coefficient (Wildman–Crippen LogP) is -0.118. The highest BCUT2D eigenvalue weighted by Gasteiger charge is 2.44. The molecular formula is C19H23N7O4. The van der Waals surface area contributed by atoms with Crippen molar-refractivity contribution in [3.63, 3.8) is 0 Å². The number of carbonyl (C=O) groups is 2. The van der Waals surface area contributed by atoms with E-state index >= 15 is 0 Å². The van der Waals surface area contributed by atoms with E-state index in [1.165, 1.54) is 13.3 Å². The molecule has 2 aromatic heterocycles. The van der Waals surface area contributed by atoms with Gasteiger partial charge in [-0.1, -0.05) is 0 Å². The van der Waals surface area contributed by atoms with Gasteiger partial charge in [0.1, 0.15) is 5.69 Å². The summed E-state index contributed by atoms with van der Waals surface area (Å²) in [5, 5.41) is 2.95. The van der Waals surface area contributed by atoms with E-state index in [0.717, 1.165) is 25.3 Å². The Labute approximate surface area is 172 Å². The second-order valence-corrected chi connectivity index (χ2v) is 7.65. The van der Waals surface area contributed by atoms with Crippen molar-refractivity contribution in [2.75, 3.05) is 19.4 Å². The van der Waals surface area contributed by atoms with Crippen molar-refractivity contribution in [2.45, 2.75) is 38.3 Å².